The van der Waals surface area contributed by atoms with Gasteiger partial charge in [0.15, 0.2) is 0 Å². The molecular weight excluding hydrogens is 302 g/mol. The molecule has 0 atom stereocenters. The van der Waals surface area contributed by atoms with Crippen molar-refractivity contribution in [2.75, 3.05) is 0 Å². The van der Waals surface area contributed by atoms with E-state index in [1.165, 1.54) is 12.5 Å². The van der Waals surface area contributed by atoms with E-state index >= 15 is 0 Å². The van der Waals surface area contributed by atoms with E-state index in [-0.39, 0.29) is 11.2 Å². The van der Waals surface area contributed by atoms with Crippen molar-refractivity contribution in [1.82, 2.24) is 0 Å². The molecule has 0 fully saturated rings. The molecule has 0 amide bonds. The van der Waals surface area contributed by atoms with Gasteiger partial charge in [0.25, 0.3) is 0 Å². The van der Waals surface area contributed by atoms with Gasteiger partial charge in [-0.3, -0.25) is 9.79 Å². The molecule has 4 nitrogen and oxygen atoms in total. The first kappa shape index (κ1) is 14.2. The van der Waals surface area contributed by atoms with Gasteiger partial charge in [0.05, 0.1) is 10.9 Å². The van der Waals surface area contributed by atoms with Gasteiger partial charge in [-0.1, -0.05) is 36.4 Å². The lowest BCUT2D eigenvalue weighted by atomic mass is 10.1. The zero-order valence-electron chi connectivity index (χ0n) is 12.6. The lowest BCUT2D eigenvalue weighted by molar-refractivity contribution is 0.478. The predicted octanol–water partition coefficient (Wildman–Crippen LogP) is 4.40. The first-order chi connectivity index (χ1) is 11.7. The second-order valence-corrected chi connectivity index (χ2v) is 5.46. The predicted molar refractivity (Wildman–Crippen MR) is 95.4 cm³/mol. The Morgan fingerprint density at radius 1 is 0.958 bits per heavy atom. The van der Waals surface area contributed by atoms with E-state index in [0.29, 0.717) is 22.2 Å². The molecule has 0 saturated carbocycles. The van der Waals surface area contributed by atoms with Crippen molar-refractivity contribution in [2.45, 2.75) is 0 Å². The molecule has 0 aliphatic rings. The van der Waals surface area contributed by atoms with Gasteiger partial charge in [0.2, 0.25) is 5.43 Å². The van der Waals surface area contributed by atoms with Gasteiger partial charge in [-0.25, -0.2) is 0 Å². The summed E-state index contributed by atoms with van der Waals surface area (Å²) in [5.41, 5.74) is 1.12. The van der Waals surface area contributed by atoms with Crippen LogP contribution in [0.25, 0.3) is 21.7 Å². The third-order valence-corrected chi connectivity index (χ3v) is 3.89. The van der Waals surface area contributed by atoms with Gasteiger partial charge in [0, 0.05) is 6.21 Å². The molecule has 0 spiro atoms. The Morgan fingerprint density at radius 3 is 2.50 bits per heavy atom. The van der Waals surface area contributed by atoms with Crippen molar-refractivity contribution >= 4 is 33.6 Å². The summed E-state index contributed by atoms with van der Waals surface area (Å²) in [6.45, 7) is 0. The molecule has 0 bridgehead atoms. The van der Waals surface area contributed by atoms with Gasteiger partial charge in [-0.2, -0.15) is 0 Å². The number of aromatic hydroxyl groups is 1. The number of hydrogen-bond donors (Lipinski definition) is 1. The average Bonchev–Trinajstić information content (AvgIpc) is 2.61. The zero-order valence-corrected chi connectivity index (χ0v) is 12.6. The van der Waals surface area contributed by atoms with E-state index in [1.807, 2.05) is 30.3 Å². The largest absolute Gasteiger partial charge is 0.506 e. The molecular formula is C20H13NO3. The van der Waals surface area contributed by atoms with E-state index in [1.54, 1.807) is 30.3 Å². The van der Waals surface area contributed by atoms with Gasteiger partial charge in [0.1, 0.15) is 23.3 Å². The molecule has 4 aromatic rings. The summed E-state index contributed by atoms with van der Waals surface area (Å²) in [6, 6.07) is 18.2. The number of fused-ring (bicyclic) bond motifs is 2. The second-order valence-electron chi connectivity index (χ2n) is 5.46. The molecule has 0 aliphatic heterocycles. The van der Waals surface area contributed by atoms with E-state index in [2.05, 4.69) is 4.99 Å². The highest BCUT2D eigenvalue weighted by molar-refractivity contribution is 5.91. The molecule has 1 N–H and O–H groups in total. The minimum atomic E-state index is -0.152. The van der Waals surface area contributed by atoms with Crippen LogP contribution in [-0.4, -0.2) is 11.3 Å². The Morgan fingerprint density at radius 2 is 1.67 bits per heavy atom. The third-order valence-electron chi connectivity index (χ3n) is 3.89. The van der Waals surface area contributed by atoms with Crippen LogP contribution in [0.2, 0.25) is 0 Å². The second kappa shape index (κ2) is 5.66. The zero-order chi connectivity index (χ0) is 16.5. The highest BCUT2D eigenvalue weighted by Crippen LogP contribution is 2.31. The lowest BCUT2D eigenvalue weighted by Crippen LogP contribution is -2.07. The van der Waals surface area contributed by atoms with Gasteiger partial charge in [-0.05, 0) is 35.0 Å². The monoisotopic (exact) mass is 315 g/mol. The number of aliphatic imine (C=N–C) groups is 1. The fraction of sp³-hybridized carbons (Fsp3) is 0. The van der Waals surface area contributed by atoms with Crippen molar-refractivity contribution < 1.29 is 9.52 Å². The molecule has 1 aromatic heterocycles. The SMILES string of the molecule is O=c1c(C=Nc2cc3ccccc3cc2O)coc2ccccc12. The molecule has 4 rings (SSSR count). The van der Waals surface area contributed by atoms with E-state index in [0.717, 1.165) is 10.8 Å². The normalized spacial score (nSPS) is 11.5. The van der Waals surface area contributed by atoms with E-state index in [9.17, 15) is 9.90 Å². The maximum Gasteiger partial charge on any atom is 0.201 e. The van der Waals surface area contributed by atoms with Crippen LogP contribution in [0.3, 0.4) is 0 Å². The minimum Gasteiger partial charge on any atom is -0.506 e. The summed E-state index contributed by atoms with van der Waals surface area (Å²) in [4.78, 5) is 16.7. The van der Waals surface area contributed by atoms with Crippen LogP contribution in [0.5, 0.6) is 5.75 Å². The average molecular weight is 315 g/mol. The number of para-hydroxylation sites is 1. The fourth-order valence-corrected chi connectivity index (χ4v) is 2.64. The molecule has 4 heteroatoms. The maximum atomic E-state index is 12.4. The topological polar surface area (TPSA) is 62.8 Å². The van der Waals surface area contributed by atoms with E-state index in [4.69, 9.17) is 4.42 Å². The maximum absolute atomic E-state index is 12.4. The van der Waals surface area contributed by atoms with Gasteiger partial charge >= 0.3 is 0 Å². The molecule has 116 valence electrons. The van der Waals surface area contributed by atoms with Crippen molar-refractivity contribution in [3.05, 3.63) is 82.7 Å². The summed E-state index contributed by atoms with van der Waals surface area (Å²) in [6.07, 6.45) is 2.80. The highest BCUT2D eigenvalue weighted by atomic mass is 16.3. The van der Waals surface area contributed by atoms with Crippen molar-refractivity contribution in [1.29, 1.82) is 0 Å². The Hall–Kier alpha value is -3.40. The molecule has 1 heterocycles. The van der Waals surface area contributed by atoms with Gasteiger partial charge in [-0.15, -0.1) is 0 Å². The van der Waals surface area contributed by atoms with Crippen molar-refractivity contribution in [3.8, 4) is 5.75 Å². The Bertz CT molecular complexity index is 1140. The number of benzene rings is 3. The third kappa shape index (κ3) is 2.44. The lowest BCUT2D eigenvalue weighted by Gasteiger charge is -2.03. The molecule has 0 saturated heterocycles. The molecule has 24 heavy (non-hydrogen) atoms. The van der Waals surface area contributed by atoms with Gasteiger partial charge < -0.3 is 9.52 Å². The van der Waals surface area contributed by atoms with Crippen LogP contribution >= 0.6 is 0 Å². The molecule has 0 radical (unpaired) electrons. The summed E-state index contributed by atoms with van der Waals surface area (Å²) < 4.78 is 5.46. The highest BCUT2D eigenvalue weighted by Gasteiger charge is 2.06. The minimum absolute atomic E-state index is 0.0649. The molecule has 0 unspecified atom stereocenters. The Kier molecular flexibility index (Phi) is 3.35. The van der Waals surface area contributed by atoms with Crippen LogP contribution in [0.4, 0.5) is 5.69 Å². The van der Waals surface area contributed by atoms with Crippen LogP contribution in [-0.2, 0) is 0 Å². The van der Waals surface area contributed by atoms with Crippen LogP contribution in [0, 0.1) is 0 Å². The summed E-state index contributed by atoms with van der Waals surface area (Å²) in [5.74, 6) is 0.0649. The first-order valence-electron chi connectivity index (χ1n) is 7.49. The van der Waals surface area contributed by atoms with Crippen molar-refractivity contribution in [3.63, 3.8) is 0 Å². The standard InChI is InChI=1S/C20H13NO3/c22-18-10-14-6-2-1-5-13(14)9-17(18)21-11-15-12-24-19-8-4-3-7-16(19)20(15)23/h1-12,22H. The van der Waals surface area contributed by atoms with Crippen LogP contribution in [0.15, 0.2) is 81.1 Å². The van der Waals surface area contributed by atoms with Crippen molar-refractivity contribution in [2.24, 2.45) is 4.99 Å². The number of hydrogen-bond acceptors (Lipinski definition) is 4. The summed E-state index contributed by atoms with van der Waals surface area (Å²) in [7, 11) is 0. The molecule has 3 aromatic carbocycles. The number of nitrogens with zero attached hydrogens (tertiary/aromatic N) is 1. The Balaban J connectivity index is 1.79. The Labute approximate surface area is 137 Å². The fourth-order valence-electron chi connectivity index (χ4n) is 2.64. The van der Waals surface area contributed by atoms with Crippen LogP contribution in [0.1, 0.15) is 5.56 Å². The number of phenolic OH excluding ortho intramolecular Hbond substituents is 1. The summed E-state index contributed by atoms with van der Waals surface area (Å²) in [5, 5.41) is 12.5. The number of rotatable bonds is 2. The van der Waals surface area contributed by atoms with E-state index < -0.39 is 0 Å². The van der Waals surface area contributed by atoms with Crippen LogP contribution < -0.4 is 5.43 Å². The quantitative estimate of drug-likeness (QED) is 0.558. The first-order valence-corrected chi connectivity index (χ1v) is 7.49. The number of phenols is 1. The summed E-state index contributed by atoms with van der Waals surface area (Å²) >= 11 is 0. The molecule has 0 aliphatic carbocycles. The smallest absolute Gasteiger partial charge is 0.201 e.